The highest BCUT2D eigenvalue weighted by Crippen LogP contribution is 2.10. The van der Waals surface area contributed by atoms with E-state index in [4.69, 9.17) is 0 Å². The number of amides is 1. The van der Waals surface area contributed by atoms with E-state index in [-0.39, 0.29) is 5.91 Å². The van der Waals surface area contributed by atoms with Crippen LogP contribution in [0.25, 0.3) is 0 Å². The molecule has 2 nitrogen and oxygen atoms in total. The van der Waals surface area contributed by atoms with Crippen molar-refractivity contribution in [2.24, 2.45) is 0 Å². The van der Waals surface area contributed by atoms with E-state index in [9.17, 15) is 4.79 Å². The molecule has 0 unspecified atom stereocenters. The second kappa shape index (κ2) is 4.16. The number of benzene rings is 1. The van der Waals surface area contributed by atoms with Crippen LogP contribution in [0.1, 0.15) is 12.5 Å². The average molecular weight is 181 g/mol. The summed E-state index contributed by atoms with van der Waals surface area (Å²) in [5.74, 6) is 0.675. The van der Waals surface area contributed by atoms with Crippen LogP contribution in [-0.2, 0) is 10.5 Å². The van der Waals surface area contributed by atoms with Crippen LogP contribution in [0, 0.1) is 0 Å². The zero-order valence-electron chi connectivity index (χ0n) is 6.87. The monoisotopic (exact) mass is 181 g/mol. The van der Waals surface area contributed by atoms with E-state index in [1.807, 2.05) is 24.3 Å². The molecule has 0 atom stereocenters. The van der Waals surface area contributed by atoms with Crippen LogP contribution in [0.2, 0.25) is 0 Å². The molecule has 0 bridgehead atoms. The number of hydrogen-bond donors (Lipinski definition) is 2. The maximum atomic E-state index is 10.6. The molecule has 64 valence electrons. The summed E-state index contributed by atoms with van der Waals surface area (Å²) in [6.07, 6.45) is 0. The number of thiol groups is 1. The summed E-state index contributed by atoms with van der Waals surface area (Å²) < 4.78 is 0. The van der Waals surface area contributed by atoms with Gasteiger partial charge in [0.25, 0.3) is 0 Å². The van der Waals surface area contributed by atoms with E-state index >= 15 is 0 Å². The normalized spacial score (nSPS) is 9.50. The van der Waals surface area contributed by atoms with Crippen molar-refractivity contribution in [3.8, 4) is 0 Å². The Bertz CT molecular complexity index is 268. The largest absolute Gasteiger partial charge is 0.326 e. The van der Waals surface area contributed by atoms with Crippen molar-refractivity contribution >= 4 is 24.2 Å². The third-order valence-electron chi connectivity index (χ3n) is 1.46. The van der Waals surface area contributed by atoms with Gasteiger partial charge in [-0.3, -0.25) is 4.79 Å². The number of hydrogen-bond acceptors (Lipinski definition) is 2. The number of carbonyl (C=O) groups is 1. The van der Waals surface area contributed by atoms with Gasteiger partial charge in [0.15, 0.2) is 0 Å². The van der Waals surface area contributed by atoms with Crippen molar-refractivity contribution in [1.29, 1.82) is 0 Å². The molecule has 1 aromatic carbocycles. The minimum absolute atomic E-state index is 0.0476. The fraction of sp³-hybridized carbons (Fsp3) is 0.222. The molecule has 0 saturated carbocycles. The van der Waals surface area contributed by atoms with Crippen LogP contribution in [0.15, 0.2) is 24.3 Å². The predicted molar refractivity (Wildman–Crippen MR) is 53.4 cm³/mol. The summed E-state index contributed by atoms with van der Waals surface area (Å²) >= 11 is 4.13. The lowest BCUT2D eigenvalue weighted by atomic mass is 10.2. The van der Waals surface area contributed by atoms with Gasteiger partial charge in [-0.05, 0) is 17.7 Å². The molecule has 0 aliphatic rings. The molecule has 0 spiro atoms. The first-order valence-electron chi connectivity index (χ1n) is 3.70. The summed E-state index contributed by atoms with van der Waals surface area (Å²) in [4.78, 5) is 10.6. The second-order valence-corrected chi connectivity index (χ2v) is 2.85. The summed E-state index contributed by atoms with van der Waals surface area (Å²) in [7, 11) is 0. The second-order valence-electron chi connectivity index (χ2n) is 2.54. The van der Waals surface area contributed by atoms with Crippen molar-refractivity contribution in [2.45, 2.75) is 12.7 Å². The Morgan fingerprint density at radius 3 is 2.42 bits per heavy atom. The number of carbonyl (C=O) groups excluding carboxylic acids is 1. The van der Waals surface area contributed by atoms with Gasteiger partial charge in [-0.1, -0.05) is 12.1 Å². The predicted octanol–water partition coefficient (Wildman–Crippen LogP) is 2.07. The fourth-order valence-corrected chi connectivity index (χ4v) is 1.11. The lowest BCUT2D eigenvalue weighted by molar-refractivity contribution is -0.114. The van der Waals surface area contributed by atoms with Gasteiger partial charge >= 0.3 is 0 Å². The first-order chi connectivity index (χ1) is 5.72. The summed E-state index contributed by atoms with van der Waals surface area (Å²) in [5.41, 5.74) is 1.97. The van der Waals surface area contributed by atoms with E-state index in [0.29, 0.717) is 0 Å². The Kier molecular flexibility index (Phi) is 3.17. The third kappa shape index (κ3) is 2.58. The van der Waals surface area contributed by atoms with Crippen LogP contribution in [0.3, 0.4) is 0 Å². The first kappa shape index (κ1) is 9.13. The molecule has 0 aliphatic carbocycles. The lowest BCUT2D eigenvalue weighted by Crippen LogP contribution is -2.05. The molecular formula is C9H11NOS. The number of anilines is 1. The molecule has 1 aromatic rings. The van der Waals surface area contributed by atoms with Gasteiger partial charge < -0.3 is 5.32 Å². The van der Waals surface area contributed by atoms with Crippen LogP contribution < -0.4 is 5.32 Å². The van der Waals surface area contributed by atoms with E-state index in [2.05, 4.69) is 17.9 Å². The van der Waals surface area contributed by atoms with Crippen LogP contribution in [0.4, 0.5) is 5.69 Å². The molecule has 1 N–H and O–H groups in total. The van der Waals surface area contributed by atoms with Crippen LogP contribution >= 0.6 is 12.6 Å². The Morgan fingerprint density at radius 2 is 2.00 bits per heavy atom. The smallest absolute Gasteiger partial charge is 0.221 e. The number of rotatable bonds is 2. The van der Waals surface area contributed by atoms with Gasteiger partial charge in [0.2, 0.25) is 5.91 Å². The standard InChI is InChI=1S/C9H11NOS/c1-7(11)10-9-4-2-8(6-12)3-5-9/h2-5,12H,6H2,1H3,(H,10,11). The minimum atomic E-state index is -0.0476. The van der Waals surface area contributed by atoms with E-state index < -0.39 is 0 Å². The van der Waals surface area contributed by atoms with Crippen LogP contribution in [0.5, 0.6) is 0 Å². The van der Waals surface area contributed by atoms with Gasteiger partial charge in [0, 0.05) is 18.4 Å². The average Bonchev–Trinajstić information content (AvgIpc) is 2.05. The SMILES string of the molecule is CC(=O)Nc1ccc(CS)cc1. The highest BCUT2D eigenvalue weighted by Gasteiger charge is 1.94. The van der Waals surface area contributed by atoms with Crippen molar-refractivity contribution in [2.75, 3.05) is 5.32 Å². The van der Waals surface area contributed by atoms with Crippen molar-refractivity contribution in [3.63, 3.8) is 0 Å². The van der Waals surface area contributed by atoms with Gasteiger partial charge in [-0.15, -0.1) is 0 Å². The zero-order valence-corrected chi connectivity index (χ0v) is 7.77. The highest BCUT2D eigenvalue weighted by atomic mass is 32.1. The molecule has 0 aromatic heterocycles. The van der Waals surface area contributed by atoms with E-state index in [0.717, 1.165) is 17.0 Å². The summed E-state index contributed by atoms with van der Waals surface area (Å²) in [6.45, 7) is 1.49. The molecule has 0 fully saturated rings. The van der Waals surface area contributed by atoms with Gasteiger partial charge in [0.1, 0.15) is 0 Å². The minimum Gasteiger partial charge on any atom is -0.326 e. The highest BCUT2D eigenvalue weighted by molar-refractivity contribution is 7.79. The Hall–Kier alpha value is -0.960. The van der Waals surface area contributed by atoms with Gasteiger partial charge in [0.05, 0.1) is 0 Å². The van der Waals surface area contributed by atoms with Gasteiger partial charge in [-0.2, -0.15) is 12.6 Å². The number of nitrogens with one attached hydrogen (secondary N) is 1. The van der Waals surface area contributed by atoms with E-state index in [1.54, 1.807) is 0 Å². The summed E-state index contributed by atoms with van der Waals surface area (Å²) in [6, 6.07) is 7.62. The van der Waals surface area contributed by atoms with Crippen molar-refractivity contribution in [3.05, 3.63) is 29.8 Å². The summed E-state index contributed by atoms with van der Waals surface area (Å²) in [5, 5.41) is 2.69. The molecule has 3 heteroatoms. The third-order valence-corrected chi connectivity index (χ3v) is 1.82. The Morgan fingerprint density at radius 1 is 1.42 bits per heavy atom. The lowest BCUT2D eigenvalue weighted by Gasteiger charge is -2.01. The first-order valence-corrected chi connectivity index (χ1v) is 4.33. The van der Waals surface area contributed by atoms with Crippen LogP contribution in [-0.4, -0.2) is 5.91 Å². The molecule has 0 heterocycles. The molecule has 12 heavy (non-hydrogen) atoms. The van der Waals surface area contributed by atoms with Crippen molar-refractivity contribution in [1.82, 2.24) is 0 Å². The van der Waals surface area contributed by atoms with Gasteiger partial charge in [-0.25, -0.2) is 0 Å². The zero-order chi connectivity index (χ0) is 8.97. The fourth-order valence-electron chi connectivity index (χ4n) is 0.897. The molecule has 0 aliphatic heterocycles. The maximum Gasteiger partial charge on any atom is 0.221 e. The van der Waals surface area contributed by atoms with E-state index in [1.165, 1.54) is 6.92 Å². The molecule has 1 amide bonds. The molecule has 0 radical (unpaired) electrons. The van der Waals surface area contributed by atoms with Crippen molar-refractivity contribution < 1.29 is 4.79 Å². The molecule has 0 saturated heterocycles. The maximum absolute atomic E-state index is 10.6. The Labute approximate surface area is 77.4 Å². The topological polar surface area (TPSA) is 29.1 Å². The molecular weight excluding hydrogens is 170 g/mol. The molecule has 1 rings (SSSR count). The Balaban J connectivity index is 2.71. The quantitative estimate of drug-likeness (QED) is 0.672.